The third kappa shape index (κ3) is 4.62. The van der Waals surface area contributed by atoms with Crippen LogP contribution in [0.5, 0.6) is 5.75 Å². The van der Waals surface area contributed by atoms with Crippen molar-refractivity contribution in [3.63, 3.8) is 0 Å². The number of carbonyl (C=O) groups excluding carboxylic acids is 1. The van der Waals surface area contributed by atoms with Crippen molar-refractivity contribution in [1.82, 2.24) is 0 Å². The molecule has 1 aromatic rings. The van der Waals surface area contributed by atoms with E-state index in [1.54, 1.807) is 0 Å². The molecule has 0 radical (unpaired) electrons. The number of aliphatic carboxylic acids is 1. The first-order valence-corrected chi connectivity index (χ1v) is 4.59. The monoisotopic (exact) mass is 256 g/mol. The SMILES string of the molecule is C[C@H](Oc1ccc(Cl)c(Cl)c1)C(=O)[O-].[Na+]. The Hall–Kier alpha value is 0.0700. The number of benzene rings is 1. The molecule has 0 aliphatic heterocycles. The summed E-state index contributed by atoms with van der Waals surface area (Å²) in [5.41, 5.74) is 0. The molecule has 0 aliphatic carbocycles. The van der Waals surface area contributed by atoms with Gasteiger partial charge in [0.15, 0.2) is 0 Å². The summed E-state index contributed by atoms with van der Waals surface area (Å²) in [6.45, 7) is 1.37. The number of halogens is 2. The van der Waals surface area contributed by atoms with Crippen LogP contribution in [0.15, 0.2) is 18.2 Å². The topological polar surface area (TPSA) is 49.4 Å². The van der Waals surface area contributed by atoms with Crippen molar-refractivity contribution in [2.75, 3.05) is 0 Å². The van der Waals surface area contributed by atoms with Crippen LogP contribution in [0.3, 0.4) is 0 Å². The fourth-order valence-electron chi connectivity index (χ4n) is 0.802. The molecule has 0 N–H and O–H groups in total. The van der Waals surface area contributed by atoms with Crippen LogP contribution in [-0.4, -0.2) is 12.1 Å². The van der Waals surface area contributed by atoms with Gasteiger partial charge >= 0.3 is 29.6 Å². The van der Waals surface area contributed by atoms with E-state index in [9.17, 15) is 9.90 Å². The van der Waals surface area contributed by atoms with Crippen LogP contribution in [0.2, 0.25) is 10.0 Å². The van der Waals surface area contributed by atoms with Crippen molar-refractivity contribution < 1.29 is 44.2 Å². The van der Waals surface area contributed by atoms with Gasteiger partial charge in [0, 0.05) is 6.07 Å². The van der Waals surface area contributed by atoms with Crippen LogP contribution in [0.1, 0.15) is 6.92 Å². The molecule has 76 valence electrons. The number of rotatable bonds is 3. The van der Waals surface area contributed by atoms with Crippen molar-refractivity contribution in [3.8, 4) is 5.75 Å². The smallest absolute Gasteiger partial charge is 0.546 e. The van der Waals surface area contributed by atoms with Crippen LogP contribution in [0.4, 0.5) is 0 Å². The van der Waals surface area contributed by atoms with Crippen LogP contribution in [-0.2, 0) is 4.79 Å². The first-order chi connectivity index (χ1) is 6.50. The Morgan fingerprint density at radius 2 is 2.00 bits per heavy atom. The van der Waals surface area contributed by atoms with Gasteiger partial charge in [-0.15, -0.1) is 0 Å². The van der Waals surface area contributed by atoms with Crippen molar-refractivity contribution in [2.45, 2.75) is 13.0 Å². The molecular weight excluding hydrogens is 250 g/mol. The summed E-state index contributed by atoms with van der Waals surface area (Å²) < 4.78 is 5.01. The Balaban J connectivity index is 0.00000196. The van der Waals surface area contributed by atoms with E-state index in [4.69, 9.17) is 27.9 Å². The molecule has 0 saturated carbocycles. The van der Waals surface area contributed by atoms with Crippen molar-refractivity contribution in [1.29, 1.82) is 0 Å². The average Bonchev–Trinajstić information content (AvgIpc) is 2.11. The predicted molar refractivity (Wildman–Crippen MR) is 51.6 cm³/mol. The molecule has 0 amide bonds. The Bertz CT molecular complexity index is 357. The van der Waals surface area contributed by atoms with Crippen molar-refractivity contribution in [2.24, 2.45) is 0 Å². The van der Waals surface area contributed by atoms with Crippen LogP contribution >= 0.6 is 23.2 Å². The average molecular weight is 257 g/mol. The van der Waals surface area contributed by atoms with E-state index in [-0.39, 0.29) is 29.6 Å². The standard InChI is InChI=1S/C9H8Cl2O3.Na/c1-5(9(12)13)14-6-2-3-7(10)8(11)4-6;/h2-5H,1H3,(H,12,13);/q;+1/p-1/t5-;/m0./s1. The van der Waals surface area contributed by atoms with Gasteiger partial charge in [0.2, 0.25) is 0 Å². The molecule has 0 saturated heterocycles. The van der Waals surface area contributed by atoms with Gasteiger partial charge in [0.1, 0.15) is 11.9 Å². The minimum absolute atomic E-state index is 0. The van der Waals surface area contributed by atoms with Crippen LogP contribution in [0.25, 0.3) is 0 Å². The van der Waals surface area contributed by atoms with Gasteiger partial charge in [-0.2, -0.15) is 0 Å². The normalized spacial score (nSPS) is 11.4. The summed E-state index contributed by atoms with van der Waals surface area (Å²) >= 11 is 11.4. The number of hydrogen-bond acceptors (Lipinski definition) is 3. The van der Waals surface area contributed by atoms with Gasteiger partial charge < -0.3 is 14.6 Å². The number of carboxylic acid groups (broad SMARTS) is 1. The van der Waals surface area contributed by atoms with E-state index in [0.717, 1.165) is 0 Å². The summed E-state index contributed by atoms with van der Waals surface area (Å²) in [6, 6.07) is 4.51. The summed E-state index contributed by atoms with van der Waals surface area (Å²) in [5.74, 6) is -0.938. The number of hydrogen-bond donors (Lipinski definition) is 0. The summed E-state index contributed by atoms with van der Waals surface area (Å²) in [5, 5.41) is 11.1. The second-order valence-electron chi connectivity index (χ2n) is 2.66. The molecule has 0 unspecified atom stereocenters. The maximum absolute atomic E-state index is 10.4. The maximum Gasteiger partial charge on any atom is 1.00 e. The molecule has 0 aliphatic rings. The molecular formula is C9H7Cl2NaO3. The number of carbonyl (C=O) groups is 1. The summed E-state index contributed by atoms with van der Waals surface area (Å²) in [6.07, 6.45) is -1.02. The number of ether oxygens (including phenoxy) is 1. The van der Waals surface area contributed by atoms with Crippen molar-refractivity contribution in [3.05, 3.63) is 28.2 Å². The number of carboxylic acids is 1. The molecule has 0 bridgehead atoms. The molecule has 6 heteroatoms. The fourth-order valence-corrected chi connectivity index (χ4v) is 1.09. The third-order valence-corrected chi connectivity index (χ3v) is 2.27. The van der Waals surface area contributed by atoms with Crippen LogP contribution in [0, 0.1) is 0 Å². The van der Waals surface area contributed by atoms with Crippen molar-refractivity contribution >= 4 is 29.2 Å². The Labute approximate surface area is 120 Å². The van der Waals surface area contributed by atoms with Gasteiger partial charge in [-0.25, -0.2) is 0 Å². The molecule has 1 rings (SSSR count). The Kier molecular flexibility index (Phi) is 6.64. The third-order valence-electron chi connectivity index (χ3n) is 1.54. The van der Waals surface area contributed by atoms with Crippen LogP contribution < -0.4 is 39.4 Å². The largest absolute Gasteiger partial charge is 1.00 e. The van der Waals surface area contributed by atoms with E-state index < -0.39 is 12.1 Å². The molecule has 15 heavy (non-hydrogen) atoms. The molecule has 0 aromatic heterocycles. The second-order valence-corrected chi connectivity index (χ2v) is 3.47. The van der Waals surface area contributed by atoms with E-state index >= 15 is 0 Å². The summed E-state index contributed by atoms with van der Waals surface area (Å²) in [7, 11) is 0. The zero-order chi connectivity index (χ0) is 10.7. The van der Waals surface area contributed by atoms with E-state index in [0.29, 0.717) is 15.8 Å². The van der Waals surface area contributed by atoms with Gasteiger partial charge in [0.05, 0.1) is 16.0 Å². The maximum atomic E-state index is 10.4. The van der Waals surface area contributed by atoms with E-state index in [1.165, 1.54) is 25.1 Å². The minimum atomic E-state index is -1.28. The quantitative estimate of drug-likeness (QED) is 0.620. The first-order valence-electron chi connectivity index (χ1n) is 3.83. The molecule has 1 atom stereocenters. The molecule has 0 spiro atoms. The van der Waals surface area contributed by atoms with E-state index in [1.807, 2.05) is 0 Å². The Morgan fingerprint density at radius 3 is 2.47 bits per heavy atom. The fraction of sp³-hybridized carbons (Fsp3) is 0.222. The summed E-state index contributed by atoms with van der Waals surface area (Å²) in [4.78, 5) is 10.4. The minimum Gasteiger partial charge on any atom is -0.546 e. The molecule has 0 fully saturated rings. The zero-order valence-electron chi connectivity index (χ0n) is 8.29. The molecule has 1 aromatic carbocycles. The van der Waals surface area contributed by atoms with Gasteiger partial charge in [-0.05, 0) is 19.1 Å². The predicted octanol–water partition coefficient (Wildman–Crippen LogP) is -1.49. The molecule has 3 nitrogen and oxygen atoms in total. The molecule has 0 heterocycles. The Morgan fingerprint density at radius 1 is 1.40 bits per heavy atom. The van der Waals surface area contributed by atoms with Gasteiger partial charge in [-0.3, -0.25) is 0 Å². The van der Waals surface area contributed by atoms with Gasteiger partial charge in [0.25, 0.3) is 0 Å². The van der Waals surface area contributed by atoms with Gasteiger partial charge in [-0.1, -0.05) is 23.2 Å². The first kappa shape index (κ1) is 15.1. The zero-order valence-corrected chi connectivity index (χ0v) is 11.8. The van der Waals surface area contributed by atoms with E-state index in [2.05, 4.69) is 0 Å². The second kappa shape index (κ2) is 6.61.